The average Bonchev–Trinajstić information content (AvgIpc) is 3.74. The Labute approximate surface area is 320 Å². The molecule has 0 fully saturated rings. The Hall–Kier alpha value is -6.22. The van der Waals surface area contributed by atoms with E-state index >= 15 is 0 Å². The van der Waals surface area contributed by atoms with Crippen LogP contribution in [0.15, 0.2) is 188 Å². The van der Waals surface area contributed by atoms with E-state index in [4.69, 9.17) is 0 Å². The van der Waals surface area contributed by atoms with Crippen LogP contribution < -0.4 is 4.90 Å². The summed E-state index contributed by atoms with van der Waals surface area (Å²) in [6, 6.07) is 70.1. The van der Waals surface area contributed by atoms with E-state index in [2.05, 4.69) is 207 Å². The van der Waals surface area contributed by atoms with Gasteiger partial charge in [-0.25, -0.2) is 0 Å². The summed E-state index contributed by atoms with van der Waals surface area (Å²) in [6.45, 7) is 4.77. The van der Waals surface area contributed by atoms with E-state index < -0.39 is 5.41 Å². The van der Waals surface area contributed by atoms with Gasteiger partial charge in [-0.1, -0.05) is 147 Å². The van der Waals surface area contributed by atoms with Gasteiger partial charge in [-0.2, -0.15) is 0 Å². The molecule has 1 spiro atoms. The van der Waals surface area contributed by atoms with Crippen molar-refractivity contribution >= 4 is 48.6 Å². The Kier molecular flexibility index (Phi) is 6.75. The van der Waals surface area contributed by atoms with E-state index in [1.165, 1.54) is 75.8 Å². The largest absolute Gasteiger partial charge is 0.310 e. The zero-order valence-electron chi connectivity index (χ0n) is 30.3. The van der Waals surface area contributed by atoms with Crippen LogP contribution in [0.5, 0.6) is 0 Å². The lowest BCUT2D eigenvalue weighted by molar-refractivity contribution is 0.563. The summed E-state index contributed by atoms with van der Waals surface area (Å²) in [4.78, 5) is 2.38. The van der Waals surface area contributed by atoms with Crippen molar-refractivity contribution in [2.75, 3.05) is 4.90 Å². The normalized spacial score (nSPS) is 14.4. The van der Waals surface area contributed by atoms with Gasteiger partial charge in [-0.05, 0) is 110 Å². The maximum atomic E-state index is 2.49. The Balaban J connectivity index is 1.07. The summed E-state index contributed by atoms with van der Waals surface area (Å²) in [6.07, 6.45) is 0. The van der Waals surface area contributed by atoms with Crippen molar-refractivity contribution in [3.8, 4) is 22.3 Å². The fourth-order valence-corrected chi connectivity index (χ4v) is 10.8. The highest BCUT2D eigenvalue weighted by atomic mass is 32.1. The van der Waals surface area contributed by atoms with Crippen LogP contribution in [0.4, 0.5) is 17.1 Å². The maximum absolute atomic E-state index is 2.49. The van der Waals surface area contributed by atoms with Gasteiger partial charge in [0.2, 0.25) is 0 Å². The minimum absolute atomic E-state index is 0.116. The minimum Gasteiger partial charge on any atom is -0.310 e. The number of fused-ring (bicyclic) bond motifs is 12. The lowest BCUT2D eigenvalue weighted by atomic mass is 9.55. The fraction of sp³-hybridized carbons (Fsp3) is 0.0769. The fourth-order valence-electron chi connectivity index (χ4n) is 9.72. The first kappa shape index (κ1) is 31.3. The van der Waals surface area contributed by atoms with Gasteiger partial charge in [0.15, 0.2) is 0 Å². The van der Waals surface area contributed by atoms with Gasteiger partial charge < -0.3 is 4.90 Å². The molecule has 1 aromatic heterocycles. The van der Waals surface area contributed by atoms with E-state index in [1.807, 2.05) is 11.3 Å². The van der Waals surface area contributed by atoms with Crippen LogP contribution in [0.2, 0.25) is 0 Å². The Morgan fingerprint density at radius 3 is 1.65 bits per heavy atom. The van der Waals surface area contributed by atoms with Crippen molar-refractivity contribution in [2.24, 2.45) is 0 Å². The van der Waals surface area contributed by atoms with Crippen molar-refractivity contribution < 1.29 is 0 Å². The summed E-state index contributed by atoms with van der Waals surface area (Å²) < 4.78 is 2.63. The standard InChI is InChI=1S/C52H37NS/c1-51(2)44-19-9-11-21-46(44)52(47-22-12-10-20-45(47)51)43-18-8-6-16-39(43)40-30-26-35(32-48(40)52)34-24-27-37(28-25-34)53(36-14-4-3-5-15-36)38-29-31-50-42(33-38)41-17-7-13-23-49(41)54-50/h3-33H,1-2H3. The summed E-state index contributed by atoms with van der Waals surface area (Å²) in [5.74, 6) is 0. The van der Waals surface area contributed by atoms with Crippen molar-refractivity contribution in [2.45, 2.75) is 24.7 Å². The van der Waals surface area contributed by atoms with Gasteiger partial charge in [-0.15, -0.1) is 11.3 Å². The molecule has 1 nitrogen and oxygen atoms in total. The van der Waals surface area contributed by atoms with Crippen molar-refractivity contribution in [1.29, 1.82) is 0 Å². The predicted molar refractivity (Wildman–Crippen MR) is 229 cm³/mol. The minimum atomic E-state index is -0.404. The monoisotopic (exact) mass is 707 g/mol. The highest BCUT2D eigenvalue weighted by Crippen LogP contribution is 2.62. The summed E-state index contributed by atoms with van der Waals surface area (Å²) in [5, 5.41) is 2.61. The molecular formula is C52H37NS. The first-order valence-electron chi connectivity index (χ1n) is 18.8. The lowest BCUT2D eigenvalue weighted by Crippen LogP contribution is -2.40. The van der Waals surface area contributed by atoms with E-state index in [0.29, 0.717) is 0 Å². The first-order chi connectivity index (χ1) is 26.5. The first-order valence-corrected chi connectivity index (χ1v) is 19.7. The molecule has 0 aliphatic heterocycles. The van der Waals surface area contributed by atoms with Gasteiger partial charge in [-0.3, -0.25) is 0 Å². The van der Waals surface area contributed by atoms with Gasteiger partial charge in [0.25, 0.3) is 0 Å². The molecule has 9 aromatic rings. The Morgan fingerprint density at radius 2 is 0.907 bits per heavy atom. The van der Waals surface area contributed by atoms with Crippen LogP contribution in [-0.2, 0) is 10.8 Å². The third-order valence-electron chi connectivity index (χ3n) is 12.1. The number of hydrogen-bond acceptors (Lipinski definition) is 2. The molecule has 0 N–H and O–H groups in total. The molecule has 54 heavy (non-hydrogen) atoms. The molecule has 0 saturated carbocycles. The molecule has 2 heteroatoms. The molecule has 0 saturated heterocycles. The topological polar surface area (TPSA) is 3.24 Å². The van der Waals surface area contributed by atoms with Crippen molar-refractivity contribution in [1.82, 2.24) is 0 Å². The molecule has 0 radical (unpaired) electrons. The molecule has 256 valence electrons. The molecule has 0 unspecified atom stereocenters. The van der Waals surface area contributed by atoms with Crippen LogP contribution in [0.25, 0.3) is 42.4 Å². The second-order valence-electron chi connectivity index (χ2n) is 15.3. The van der Waals surface area contributed by atoms with Gasteiger partial charge in [0.1, 0.15) is 0 Å². The second kappa shape index (κ2) is 11.6. The number of hydrogen-bond donors (Lipinski definition) is 0. The van der Waals surface area contributed by atoms with Gasteiger partial charge in [0.05, 0.1) is 5.41 Å². The smallest absolute Gasteiger partial charge is 0.0719 e. The number of thiophene rings is 1. The molecule has 11 rings (SSSR count). The summed E-state index contributed by atoms with van der Waals surface area (Å²) >= 11 is 1.86. The van der Waals surface area contributed by atoms with E-state index in [1.54, 1.807) is 0 Å². The molecule has 0 bridgehead atoms. The number of benzene rings is 8. The highest BCUT2D eigenvalue weighted by molar-refractivity contribution is 7.25. The summed E-state index contributed by atoms with van der Waals surface area (Å²) in [5.41, 5.74) is 16.3. The van der Waals surface area contributed by atoms with Crippen LogP contribution in [0.1, 0.15) is 47.2 Å². The van der Waals surface area contributed by atoms with Crippen molar-refractivity contribution in [3.63, 3.8) is 0 Å². The zero-order valence-corrected chi connectivity index (χ0v) is 31.1. The highest BCUT2D eigenvalue weighted by Gasteiger charge is 2.53. The third kappa shape index (κ3) is 4.32. The number of rotatable bonds is 4. The quantitative estimate of drug-likeness (QED) is 0.176. The van der Waals surface area contributed by atoms with E-state index in [-0.39, 0.29) is 5.41 Å². The molecule has 8 aromatic carbocycles. The van der Waals surface area contributed by atoms with E-state index in [9.17, 15) is 0 Å². The molecular weight excluding hydrogens is 671 g/mol. The third-order valence-corrected chi connectivity index (χ3v) is 13.3. The van der Waals surface area contributed by atoms with Gasteiger partial charge >= 0.3 is 0 Å². The van der Waals surface area contributed by atoms with Crippen LogP contribution in [0, 0.1) is 0 Å². The molecule has 2 aliphatic carbocycles. The molecule has 2 aliphatic rings. The SMILES string of the molecule is CC1(C)c2ccccc2C2(c3ccccc3-c3ccc(-c4ccc(N(c5ccccc5)c5ccc6sc7ccccc7c6c5)cc4)cc32)c2ccccc21. The van der Waals surface area contributed by atoms with Crippen molar-refractivity contribution in [3.05, 3.63) is 221 Å². The van der Waals surface area contributed by atoms with Crippen LogP contribution in [0.3, 0.4) is 0 Å². The Bertz CT molecular complexity index is 2860. The second-order valence-corrected chi connectivity index (χ2v) is 16.4. The lowest BCUT2D eigenvalue weighted by Gasteiger charge is -2.46. The number of nitrogens with zero attached hydrogens (tertiary/aromatic N) is 1. The molecule has 1 heterocycles. The predicted octanol–water partition coefficient (Wildman–Crippen LogP) is 14.2. The van der Waals surface area contributed by atoms with Crippen LogP contribution in [-0.4, -0.2) is 0 Å². The number of para-hydroxylation sites is 1. The van der Waals surface area contributed by atoms with E-state index in [0.717, 1.165) is 17.1 Å². The molecule has 0 amide bonds. The molecule has 0 atom stereocenters. The zero-order chi connectivity index (χ0) is 36.0. The summed E-state index contributed by atoms with van der Waals surface area (Å²) in [7, 11) is 0. The number of anilines is 3. The Morgan fingerprint density at radius 1 is 0.370 bits per heavy atom. The van der Waals surface area contributed by atoms with Crippen LogP contribution >= 0.6 is 11.3 Å². The van der Waals surface area contributed by atoms with Gasteiger partial charge in [0, 0.05) is 42.6 Å². The average molecular weight is 708 g/mol. The maximum Gasteiger partial charge on any atom is 0.0719 e.